The van der Waals surface area contributed by atoms with Gasteiger partial charge in [-0.25, -0.2) is 4.39 Å². The average molecular weight is 534 g/mol. The van der Waals surface area contributed by atoms with Gasteiger partial charge in [0.05, 0.1) is 11.6 Å². The predicted molar refractivity (Wildman–Crippen MR) is 154 cm³/mol. The zero-order valence-electron chi connectivity index (χ0n) is 23.7. The number of aromatic nitrogens is 1. The first-order chi connectivity index (χ1) is 18.9. The SMILES string of the molecule is CC=O.CCC1CCC1.C[C@@H]1OC(=O)[C@@H]2C[C@H]3CCCC[C@H]3[C@H](/C=C/c3ccc(-c4cccc(F)c4)cn3)C12. The van der Waals surface area contributed by atoms with Crippen LogP contribution in [0.5, 0.6) is 0 Å². The van der Waals surface area contributed by atoms with Gasteiger partial charge in [-0.3, -0.25) is 9.78 Å². The van der Waals surface area contributed by atoms with Crippen molar-refractivity contribution in [3.8, 4) is 11.1 Å². The molecule has 1 aliphatic heterocycles. The fraction of sp³-hybridized carbons (Fsp3) is 0.559. The van der Waals surface area contributed by atoms with E-state index in [1.807, 2.05) is 18.2 Å². The molecule has 1 saturated heterocycles. The van der Waals surface area contributed by atoms with Crippen molar-refractivity contribution in [2.24, 2.45) is 35.5 Å². The largest absolute Gasteiger partial charge is 0.462 e. The minimum Gasteiger partial charge on any atom is -0.462 e. The molecule has 2 aromatic rings. The molecule has 0 spiro atoms. The van der Waals surface area contributed by atoms with Gasteiger partial charge in [0.15, 0.2) is 0 Å². The Kier molecular flexibility index (Phi) is 10.5. The highest BCUT2D eigenvalue weighted by Gasteiger charge is 2.53. The maximum Gasteiger partial charge on any atom is 0.309 e. The summed E-state index contributed by atoms with van der Waals surface area (Å²) in [6.07, 6.45) is 18.9. The normalized spacial score (nSPS) is 29.5. The van der Waals surface area contributed by atoms with Gasteiger partial charge in [-0.15, -0.1) is 0 Å². The average Bonchev–Trinajstić information content (AvgIpc) is 3.20. The maximum atomic E-state index is 13.5. The number of aldehydes is 1. The molecular formula is C34H44FNO3. The standard InChI is InChI=1S/C26H28FNO2.C6H12.C2H4O/c1-16-25-23(22-8-3-2-5-18(22)14-24(25)26(29)30-16)12-11-21-10-9-19(15-28-21)17-6-4-7-20(27)13-17;1-2-6-4-3-5-6;1-2-3/h4,6-7,9-13,15-16,18,22-25H,2-3,5,8,14H2,1H3;6H,2-5H2,1H3;2H,1H3/b12-11+;;/t16-,18+,22+,23-,24+,25?;;/m0../s1. The number of hydrogen-bond acceptors (Lipinski definition) is 4. The van der Waals surface area contributed by atoms with Crippen molar-refractivity contribution in [3.63, 3.8) is 0 Å². The van der Waals surface area contributed by atoms with Crippen molar-refractivity contribution in [1.29, 1.82) is 0 Å². The number of carbonyl (C=O) groups is 2. The Hall–Kier alpha value is -2.82. The Morgan fingerprint density at radius 1 is 1.05 bits per heavy atom. The third kappa shape index (κ3) is 7.23. The summed E-state index contributed by atoms with van der Waals surface area (Å²) in [5.74, 6) is 2.85. The minimum absolute atomic E-state index is 0.00694. The maximum absolute atomic E-state index is 13.5. The van der Waals surface area contributed by atoms with Crippen LogP contribution in [-0.2, 0) is 14.3 Å². The van der Waals surface area contributed by atoms with Crippen LogP contribution in [0.2, 0.25) is 0 Å². The number of rotatable bonds is 4. The Morgan fingerprint density at radius 2 is 1.82 bits per heavy atom. The number of hydrogen-bond donors (Lipinski definition) is 0. The summed E-state index contributed by atoms with van der Waals surface area (Å²) in [4.78, 5) is 25.8. The molecule has 6 atom stereocenters. The number of halogens is 1. The van der Waals surface area contributed by atoms with Crippen LogP contribution >= 0.6 is 0 Å². The molecule has 210 valence electrons. The second kappa shape index (κ2) is 14.0. The van der Waals surface area contributed by atoms with Gasteiger partial charge >= 0.3 is 5.97 Å². The monoisotopic (exact) mass is 533 g/mol. The molecule has 3 aliphatic carbocycles. The molecule has 4 nitrogen and oxygen atoms in total. The summed E-state index contributed by atoms with van der Waals surface area (Å²) in [6, 6.07) is 10.5. The number of nitrogens with zero attached hydrogens (tertiary/aromatic N) is 1. The second-order valence-electron chi connectivity index (χ2n) is 11.6. The number of carbonyl (C=O) groups excluding carboxylic acids is 2. The molecule has 5 heteroatoms. The molecule has 0 bridgehead atoms. The van der Waals surface area contributed by atoms with Crippen molar-refractivity contribution in [2.75, 3.05) is 0 Å². The van der Waals surface area contributed by atoms with Crippen LogP contribution in [0.4, 0.5) is 4.39 Å². The first-order valence-electron chi connectivity index (χ1n) is 15.0. The molecule has 1 aromatic carbocycles. The number of benzene rings is 1. The van der Waals surface area contributed by atoms with Gasteiger partial charge in [0, 0.05) is 17.7 Å². The molecule has 0 N–H and O–H groups in total. The molecule has 2 heterocycles. The van der Waals surface area contributed by atoms with E-state index in [9.17, 15) is 9.18 Å². The fourth-order valence-electron chi connectivity index (χ4n) is 7.04. The lowest BCUT2D eigenvalue weighted by Crippen LogP contribution is -2.42. The number of fused-ring (bicyclic) bond motifs is 2. The van der Waals surface area contributed by atoms with Gasteiger partial charge in [-0.05, 0) is 80.2 Å². The van der Waals surface area contributed by atoms with Crippen molar-refractivity contribution >= 4 is 18.3 Å². The van der Waals surface area contributed by atoms with Crippen LogP contribution in [0, 0.1) is 41.3 Å². The predicted octanol–water partition coefficient (Wildman–Crippen LogP) is 8.31. The summed E-state index contributed by atoms with van der Waals surface area (Å²) in [5, 5.41) is 0. The van der Waals surface area contributed by atoms with E-state index in [0.29, 0.717) is 17.8 Å². The molecule has 3 saturated carbocycles. The smallest absolute Gasteiger partial charge is 0.309 e. The molecule has 4 aliphatic rings. The summed E-state index contributed by atoms with van der Waals surface area (Å²) < 4.78 is 19.1. The van der Waals surface area contributed by atoms with Crippen molar-refractivity contribution in [1.82, 2.24) is 4.98 Å². The molecule has 4 fully saturated rings. The molecule has 0 radical (unpaired) electrons. The van der Waals surface area contributed by atoms with Crippen LogP contribution in [0.25, 0.3) is 17.2 Å². The van der Waals surface area contributed by atoms with Gasteiger partial charge in [-0.1, -0.05) is 76.1 Å². The number of allylic oxidation sites excluding steroid dienone is 1. The van der Waals surface area contributed by atoms with E-state index in [4.69, 9.17) is 9.53 Å². The van der Waals surface area contributed by atoms with Crippen LogP contribution in [0.15, 0.2) is 48.7 Å². The third-order valence-electron chi connectivity index (χ3n) is 9.31. The highest BCUT2D eigenvalue weighted by Crippen LogP contribution is 2.53. The van der Waals surface area contributed by atoms with Crippen molar-refractivity contribution in [2.45, 2.75) is 84.7 Å². The van der Waals surface area contributed by atoms with E-state index in [-0.39, 0.29) is 29.7 Å². The van der Waals surface area contributed by atoms with Crippen LogP contribution in [0.3, 0.4) is 0 Å². The van der Waals surface area contributed by atoms with E-state index in [1.54, 1.807) is 12.3 Å². The van der Waals surface area contributed by atoms with Gasteiger partial charge in [0.25, 0.3) is 0 Å². The number of esters is 1. The second-order valence-corrected chi connectivity index (χ2v) is 11.6. The zero-order valence-corrected chi connectivity index (χ0v) is 23.7. The Labute approximate surface area is 233 Å². The summed E-state index contributed by atoms with van der Waals surface area (Å²) in [5.41, 5.74) is 2.62. The van der Waals surface area contributed by atoms with Crippen LogP contribution in [-0.4, -0.2) is 23.3 Å². The molecule has 6 rings (SSSR count). The van der Waals surface area contributed by atoms with Gasteiger partial charge in [-0.2, -0.15) is 0 Å². The highest BCUT2D eigenvalue weighted by atomic mass is 19.1. The summed E-state index contributed by atoms with van der Waals surface area (Å²) in [7, 11) is 0. The molecule has 1 aromatic heterocycles. The lowest BCUT2D eigenvalue weighted by molar-refractivity contribution is -0.144. The van der Waals surface area contributed by atoms with E-state index < -0.39 is 0 Å². The van der Waals surface area contributed by atoms with Crippen molar-refractivity contribution in [3.05, 3.63) is 60.2 Å². The molecule has 39 heavy (non-hydrogen) atoms. The van der Waals surface area contributed by atoms with E-state index in [2.05, 4.69) is 31.0 Å². The van der Waals surface area contributed by atoms with E-state index in [0.717, 1.165) is 35.4 Å². The minimum atomic E-state index is -0.243. The Balaban J connectivity index is 0.000000337. The molecular weight excluding hydrogens is 489 g/mol. The number of ether oxygens (including phenoxy) is 1. The van der Waals surface area contributed by atoms with Crippen LogP contribution < -0.4 is 0 Å². The number of cyclic esters (lactones) is 1. The summed E-state index contributed by atoms with van der Waals surface area (Å²) in [6.45, 7) is 5.78. The van der Waals surface area contributed by atoms with E-state index >= 15 is 0 Å². The zero-order chi connectivity index (χ0) is 27.8. The lowest BCUT2D eigenvalue weighted by atomic mass is 9.57. The Bertz CT molecular complexity index is 1110. The van der Waals surface area contributed by atoms with E-state index in [1.165, 1.54) is 70.4 Å². The van der Waals surface area contributed by atoms with Crippen molar-refractivity contribution < 1.29 is 18.7 Å². The van der Waals surface area contributed by atoms with Crippen LogP contribution in [0.1, 0.15) is 84.3 Å². The van der Waals surface area contributed by atoms with Gasteiger partial charge in [0.2, 0.25) is 0 Å². The lowest BCUT2D eigenvalue weighted by Gasteiger charge is -2.45. The molecule has 1 unspecified atom stereocenters. The van der Waals surface area contributed by atoms with Gasteiger partial charge in [0.1, 0.15) is 18.2 Å². The topological polar surface area (TPSA) is 56.3 Å². The third-order valence-corrected chi connectivity index (χ3v) is 9.31. The highest BCUT2D eigenvalue weighted by molar-refractivity contribution is 5.75. The first kappa shape index (κ1) is 29.2. The number of pyridine rings is 1. The summed E-state index contributed by atoms with van der Waals surface area (Å²) >= 11 is 0. The fourth-order valence-corrected chi connectivity index (χ4v) is 7.04. The first-order valence-corrected chi connectivity index (χ1v) is 15.0. The molecule has 0 amide bonds. The quantitative estimate of drug-likeness (QED) is 0.293. The van der Waals surface area contributed by atoms with Gasteiger partial charge < -0.3 is 9.53 Å². The Morgan fingerprint density at radius 3 is 2.44 bits per heavy atom.